The molecule has 1 saturated heterocycles. The van der Waals surface area contributed by atoms with Gasteiger partial charge in [-0.1, -0.05) is 5.16 Å². The Kier molecular flexibility index (Phi) is 3.74. The summed E-state index contributed by atoms with van der Waals surface area (Å²) in [5, 5.41) is 3.40. The van der Waals surface area contributed by atoms with Gasteiger partial charge in [0.25, 0.3) is 0 Å². The highest BCUT2D eigenvalue weighted by Gasteiger charge is 2.33. The Balaban J connectivity index is 2.14. The Labute approximate surface area is 107 Å². The summed E-state index contributed by atoms with van der Waals surface area (Å²) in [4.78, 5) is 0. The van der Waals surface area contributed by atoms with Crippen molar-refractivity contribution in [3.8, 4) is 0 Å². The van der Waals surface area contributed by atoms with E-state index in [0.717, 1.165) is 11.3 Å². The lowest BCUT2D eigenvalue weighted by Crippen LogP contribution is -2.36. The second-order valence-electron chi connectivity index (χ2n) is 4.59. The van der Waals surface area contributed by atoms with Crippen molar-refractivity contribution in [1.29, 1.82) is 0 Å². The van der Waals surface area contributed by atoms with Crippen LogP contribution in [-0.4, -0.2) is 43.4 Å². The number of nitrogens with zero attached hydrogens (tertiary/aromatic N) is 2. The average Bonchev–Trinajstić information content (AvgIpc) is 2.94. The van der Waals surface area contributed by atoms with Crippen molar-refractivity contribution in [2.45, 2.75) is 32.1 Å². The van der Waals surface area contributed by atoms with E-state index in [1.54, 1.807) is 14.0 Å². The van der Waals surface area contributed by atoms with E-state index in [0.29, 0.717) is 25.3 Å². The minimum Gasteiger partial charge on any atom is -0.380 e. The summed E-state index contributed by atoms with van der Waals surface area (Å²) in [7, 11) is -1.73. The summed E-state index contributed by atoms with van der Waals surface area (Å²) in [6, 6.07) is 0. The summed E-state index contributed by atoms with van der Waals surface area (Å²) in [5.41, 5.74) is 1.57. The summed E-state index contributed by atoms with van der Waals surface area (Å²) in [5.74, 6) is 0.664. The third-order valence-electron chi connectivity index (χ3n) is 3.31. The molecule has 1 unspecified atom stereocenters. The number of aryl methyl sites for hydroxylation is 2. The van der Waals surface area contributed by atoms with Gasteiger partial charge in [0.15, 0.2) is 0 Å². The fourth-order valence-corrected chi connectivity index (χ4v) is 3.52. The van der Waals surface area contributed by atoms with Gasteiger partial charge >= 0.3 is 0 Å². The molecule has 0 N–H and O–H groups in total. The lowest BCUT2D eigenvalue weighted by atomic mass is 10.2. The van der Waals surface area contributed by atoms with Gasteiger partial charge in [-0.2, -0.15) is 0 Å². The Morgan fingerprint density at radius 2 is 2.17 bits per heavy atom. The molecule has 1 aromatic heterocycles. The monoisotopic (exact) mass is 274 g/mol. The number of sulfonamides is 1. The average molecular weight is 274 g/mol. The van der Waals surface area contributed by atoms with Crippen LogP contribution in [-0.2, 0) is 21.3 Å². The minimum atomic E-state index is -3.31. The maximum atomic E-state index is 12.3. The van der Waals surface area contributed by atoms with E-state index in [4.69, 9.17) is 9.26 Å². The van der Waals surface area contributed by atoms with Crippen LogP contribution in [0.2, 0.25) is 0 Å². The van der Waals surface area contributed by atoms with E-state index < -0.39 is 15.3 Å². The molecular formula is C11H18N2O4S. The fraction of sp³-hybridized carbons (Fsp3) is 0.727. The highest BCUT2D eigenvalue weighted by molar-refractivity contribution is 7.89. The smallest absolute Gasteiger partial charge is 0.219 e. The van der Waals surface area contributed by atoms with Crippen LogP contribution in [0.1, 0.15) is 23.4 Å². The molecule has 2 heterocycles. The van der Waals surface area contributed by atoms with E-state index in [1.165, 1.54) is 4.31 Å². The Hall–Kier alpha value is -0.920. The summed E-state index contributed by atoms with van der Waals surface area (Å²) in [6.07, 6.45) is 0.564. The fourth-order valence-electron chi connectivity index (χ4n) is 2.04. The number of rotatable bonds is 4. The van der Waals surface area contributed by atoms with Crippen LogP contribution in [0.25, 0.3) is 0 Å². The van der Waals surface area contributed by atoms with Crippen LogP contribution >= 0.6 is 0 Å². The second-order valence-corrected chi connectivity index (χ2v) is 6.91. The lowest BCUT2D eigenvalue weighted by molar-refractivity contribution is 0.198. The molecule has 1 atom stereocenters. The number of aromatic nitrogens is 1. The van der Waals surface area contributed by atoms with Crippen molar-refractivity contribution in [3.05, 3.63) is 17.0 Å². The molecule has 0 aliphatic carbocycles. The van der Waals surface area contributed by atoms with Gasteiger partial charge in [0.1, 0.15) is 11.0 Å². The van der Waals surface area contributed by atoms with Gasteiger partial charge in [-0.3, -0.25) is 0 Å². The highest BCUT2D eigenvalue weighted by atomic mass is 32.2. The van der Waals surface area contributed by atoms with Gasteiger partial charge in [-0.25, -0.2) is 12.7 Å². The summed E-state index contributed by atoms with van der Waals surface area (Å²) in [6.45, 7) is 4.69. The molecule has 1 aliphatic rings. The van der Waals surface area contributed by atoms with Crippen molar-refractivity contribution >= 4 is 10.0 Å². The SMILES string of the molecule is Cc1noc(C)c1CN(C)S(=O)(=O)C1CCOC1. The standard InChI is InChI=1S/C11H18N2O4S/c1-8-11(9(2)17-12-8)6-13(3)18(14,15)10-4-5-16-7-10/h10H,4-7H2,1-3H3. The molecule has 102 valence electrons. The molecule has 1 aromatic rings. The molecule has 1 fully saturated rings. The summed E-state index contributed by atoms with van der Waals surface area (Å²) < 4.78 is 36.1. The van der Waals surface area contributed by atoms with Crippen molar-refractivity contribution in [2.75, 3.05) is 20.3 Å². The largest absolute Gasteiger partial charge is 0.380 e. The summed E-state index contributed by atoms with van der Waals surface area (Å²) >= 11 is 0. The van der Waals surface area contributed by atoms with Crippen LogP contribution in [0.3, 0.4) is 0 Å². The molecule has 0 radical (unpaired) electrons. The molecule has 0 bridgehead atoms. The molecule has 0 aromatic carbocycles. The molecule has 0 saturated carbocycles. The van der Waals surface area contributed by atoms with E-state index in [2.05, 4.69) is 5.16 Å². The molecule has 18 heavy (non-hydrogen) atoms. The number of hydrogen-bond acceptors (Lipinski definition) is 5. The first-order valence-electron chi connectivity index (χ1n) is 5.87. The van der Waals surface area contributed by atoms with E-state index >= 15 is 0 Å². The minimum absolute atomic E-state index is 0.286. The van der Waals surface area contributed by atoms with Crippen LogP contribution in [0.15, 0.2) is 4.52 Å². The molecule has 7 heteroatoms. The van der Waals surface area contributed by atoms with Crippen LogP contribution in [0, 0.1) is 13.8 Å². The van der Waals surface area contributed by atoms with Gasteiger partial charge in [-0.15, -0.1) is 0 Å². The maximum absolute atomic E-state index is 12.3. The predicted octanol–water partition coefficient (Wildman–Crippen LogP) is 0.842. The number of ether oxygens (including phenoxy) is 1. The van der Waals surface area contributed by atoms with Gasteiger partial charge in [0.05, 0.1) is 12.3 Å². The predicted molar refractivity (Wildman–Crippen MR) is 65.6 cm³/mol. The molecule has 0 spiro atoms. The van der Waals surface area contributed by atoms with E-state index in [9.17, 15) is 8.42 Å². The number of hydrogen-bond donors (Lipinski definition) is 0. The first-order valence-corrected chi connectivity index (χ1v) is 7.38. The zero-order valence-electron chi connectivity index (χ0n) is 10.8. The zero-order chi connectivity index (χ0) is 13.3. The molecular weight excluding hydrogens is 256 g/mol. The maximum Gasteiger partial charge on any atom is 0.219 e. The van der Waals surface area contributed by atoms with Crippen molar-refractivity contribution in [3.63, 3.8) is 0 Å². The Morgan fingerprint density at radius 1 is 1.44 bits per heavy atom. The Morgan fingerprint density at radius 3 is 2.67 bits per heavy atom. The highest BCUT2D eigenvalue weighted by Crippen LogP contribution is 2.21. The molecule has 2 rings (SSSR count). The quantitative estimate of drug-likeness (QED) is 0.813. The van der Waals surface area contributed by atoms with Gasteiger partial charge in [0, 0.05) is 25.8 Å². The van der Waals surface area contributed by atoms with Gasteiger partial charge in [0.2, 0.25) is 10.0 Å². The van der Waals surface area contributed by atoms with Crippen LogP contribution < -0.4 is 0 Å². The first kappa shape index (κ1) is 13.5. The van der Waals surface area contributed by atoms with E-state index in [1.807, 2.05) is 6.92 Å². The topological polar surface area (TPSA) is 72.6 Å². The third-order valence-corrected chi connectivity index (χ3v) is 5.52. The van der Waals surface area contributed by atoms with E-state index in [-0.39, 0.29) is 6.61 Å². The normalized spacial score (nSPS) is 20.8. The van der Waals surface area contributed by atoms with Crippen molar-refractivity contribution in [1.82, 2.24) is 9.46 Å². The molecule has 6 nitrogen and oxygen atoms in total. The third kappa shape index (κ3) is 2.43. The van der Waals surface area contributed by atoms with Gasteiger partial charge < -0.3 is 9.26 Å². The van der Waals surface area contributed by atoms with Crippen LogP contribution in [0.4, 0.5) is 0 Å². The first-order chi connectivity index (χ1) is 8.43. The zero-order valence-corrected chi connectivity index (χ0v) is 11.7. The van der Waals surface area contributed by atoms with Crippen LogP contribution in [0.5, 0.6) is 0 Å². The van der Waals surface area contributed by atoms with Crippen molar-refractivity contribution in [2.24, 2.45) is 0 Å². The van der Waals surface area contributed by atoms with Gasteiger partial charge in [-0.05, 0) is 20.3 Å². The second kappa shape index (κ2) is 4.99. The van der Waals surface area contributed by atoms with Crippen molar-refractivity contribution < 1.29 is 17.7 Å². The molecule has 1 aliphatic heterocycles. The lowest BCUT2D eigenvalue weighted by Gasteiger charge is -2.20. The Bertz CT molecular complexity index is 498. The molecule has 0 amide bonds.